The molecule has 1 aromatic carbocycles. The molecule has 0 aliphatic heterocycles. The van der Waals surface area contributed by atoms with Gasteiger partial charge < -0.3 is 9.26 Å². The van der Waals surface area contributed by atoms with Crippen LogP contribution >= 0.6 is 23.4 Å². The highest BCUT2D eigenvalue weighted by atomic mass is 35.5. The number of methoxy groups -OCH3 is 1. The van der Waals surface area contributed by atoms with E-state index in [1.807, 2.05) is 0 Å². The first kappa shape index (κ1) is 14.9. The Morgan fingerprint density at radius 2 is 2.23 bits per heavy atom. The molecule has 0 saturated carbocycles. The van der Waals surface area contributed by atoms with E-state index in [0.717, 1.165) is 5.56 Å². The molecule has 2 aromatic heterocycles. The summed E-state index contributed by atoms with van der Waals surface area (Å²) in [6, 6.07) is 5.32. The third-order valence-corrected chi connectivity index (χ3v) is 3.84. The second-order valence-electron chi connectivity index (χ2n) is 4.34. The molecule has 2 heterocycles. The van der Waals surface area contributed by atoms with Crippen molar-refractivity contribution in [3.05, 3.63) is 34.9 Å². The van der Waals surface area contributed by atoms with Crippen LogP contribution in [0.4, 0.5) is 0 Å². The molecule has 22 heavy (non-hydrogen) atoms. The lowest BCUT2D eigenvalue weighted by molar-refractivity contribution is 0.387. The Hall–Kier alpha value is -2.06. The Bertz CT molecular complexity index is 788. The van der Waals surface area contributed by atoms with Gasteiger partial charge in [0.25, 0.3) is 0 Å². The van der Waals surface area contributed by atoms with Gasteiger partial charge in [-0.1, -0.05) is 28.5 Å². The Kier molecular flexibility index (Phi) is 4.30. The van der Waals surface area contributed by atoms with E-state index >= 15 is 0 Å². The maximum atomic E-state index is 6.02. The number of aromatic nitrogens is 5. The standard InChI is InChI=1S/C13H12ClN5O2S/c1-7-15-11(21-19-7)6-22-13-16-12(17-18-13)9-5-8(14)3-4-10(9)20-2/h3-5H,6H2,1-2H3,(H,16,17,18). The molecule has 7 nitrogen and oxygen atoms in total. The van der Waals surface area contributed by atoms with E-state index < -0.39 is 0 Å². The van der Waals surface area contributed by atoms with Crippen LogP contribution in [0.2, 0.25) is 5.02 Å². The summed E-state index contributed by atoms with van der Waals surface area (Å²) in [5.41, 5.74) is 0.753. The zero-order valence-corrected chi connectivity index (χ0v) is 13.4. The quantitative estimate of drug-likeness (QED) is 0.715. The van der Waals surface area contributed by atoms with Crippen LogP contribution in [0.25, 0.3) is 11.4 Å². The fraction of sp³-hybridized carbons (Fsp3) is 0.231. The number of hydrogen-bond donors (Lipinski definition) is 1. The molecule has 0 atom stereocenters. The first-order chi connectivity index (χ1) is 10.7. The Labute approximate surface area is 135 Å². The van der Waals surface area contributed by atoms with E-state index in [1.54, 1.807) is 32.2 Å². The van der Waals surface area contributed by atoms with E-state index in [2.05, 4.69) is 25.3 Å². The van der Waals surface area contributed by atoms with Gasteiger partial charge >= 0.3 is 0 Å². The van der Waals surface area contributed by atoms with Crippen LogP contribution in [0, 0.1) is 6.92 Å². The summed E-state index contributed by atoms with van der Waals surface area (Å²) in [6.07, 6.45) is 0. The van der Waals surface area contributed by atoms with Gasteiger partial charge in [0.05, 0.1) is 18.4 Å². The maximum Gasteiger partial charge on any atom is 0.237 e. The van der Waals surface area contributed by atoms with Gasteiger partial charge in [0.1, 0.15) is 5.75 Å². The van der Waals surface area contributed by atoms with Crippen molar-refractivity contribution in [1.29, 1.82) is 0 Å². The van der Waals surface area contributed by atoms with Crippen molar-refractivity contribution < 1.29 is 9.26 Å². The molecular formula is C13H12ClN5O2S. The van der Waals surface area contributed by atoms with Gasteiger partial charge in [-0.15, -0.1) is 5.10 Å². The van der Waals surface area contributed by atoms with Crippen molar-refractivity contribution in [2.24, 2.45) is 0 Å². The number of ether oxygens (including phenoxy) is 1. The number of aryl methyl sites for hydroxylation is 1. The van der Waals surface area contributed by atoms with Gasteiger partial charge in [-0.25, -0.2) is 4.98 Å². The Morgan fingerprint density at radius 3 is 2.95 bits per heavy atom. The summed E-state index contributed by atoms with van der Waals surface area (Å²) < 4.78 is 10.4. The first-order valence-corrected chi connectivity index (χ1v) is 7.70. The number of thioether (sulfide) groups is 1. The molecule has 0 bridgehead atoms. The highest BCUT2D eigenvalue weighted by molar-refractivity contribution is 7.98. The maximum absolute atomic E-state index is 6.02. The number of nitrogens with zero attached hydrogens (tertiary/aromatic N) is 4. The van der Waals surface area contributed by atoms with Crippen LogP contribution in [0.5, 0.6) is 5.75 Å². The molecule has 0 amide bonds. The second-order valence-corrected chi connectivity index (χ2v) is 5.71. The number of nitrogens with one attached hydrogen (secondary N) is 1. The summed E-state index contributed by atoms with van der Waals surface area (Å²) in [4.78, 5) is 8.55. The molecule has 0 aliphatic rings. The van der Waals surface area contributed by atoms with Crippen molar-refractivity contribution >= 4 is 23.4 Å². The molecular weight excluding hydrogens is 326 g/mol. The summed E-state index contributed by atoms with van der Waals surface area (Å²) >= 11 is 7.42. The minimum atomic E-state index is 0.505. The number of benzene rings is 1. The van der Waals surface area contributed by atoms with E-state index in [-0.39, 0.29) is 0 Å². The predicted molar refractivity (Wildman–Crippen MR) is 82.0 cm³/mol. The Morgan fingerprint density at radius 1 is 1.36 bits per heavy atom. The largest absolute Gasteiger partial charge is 0.496 e. The van der Waals surface area contributed by atoms with Crippen LogP contribution in [-0.4, -0.2) is 32.4 Å². The third-order valence-electron chi connectivity index (χ3n) is 2.78. The topological polar surface area (TPSA) is 89.7 Å². The molecule has 0 fully saturated rings. The average molecular weight is 338 g/mol. The van der Waals surface area contributed by atoms with Gasteiger partial charge in [0.15, 0.2) is 11.6 Å². The highest BCUT2D eigenvalue weighted by Crippen LogP contribution is 2.31. The van der Waals surface area contributed by atoms with E-state index in [4.69, 9.17) is 20.9 Å². The normalized spacial score (nSPS) is 10.9. The average Bonchev–Trinajstić information content (AvgIpc) is 3.14. The minimum Gasteiger partial charge on any atom is -0.496 e. The third kappa shape index (κ3) is 3.23. The van der Waals surface area contributed by atoms with E-state index in [0.29, 0.717) is 39.2 Å². The smallest absolute Gasteiger partial charge is 0.237 e. The minimum absolute atomic E-state index is 0.505. The SMILES string of the molecule is COc1ccc(Cl)cc1-c1nc(SCc2nc(C)no2)n[nH]1. The molecule has 1 N–H and O–H groups in total. The molecule has 0 unspecified atom stereocenters. The van der Waals surface area contributed by atoms with Crippen molar-refractivity contribution in [2.45, 2.75) is 17.8 Å². The summed E-state index contributed by atoms with van der Waals surface area (Å²) in [7, 11) is 1.59. The number of aromatic amines is 1. The number of hydrogen-bond acceptors (Lipinski definition) is 7. The van der Waals surface area contributed by atoms with Crippen LogP contribution < -0.4 is 4.74 Å². The van der Waals surface area contributed by atoms with Crippen molar-refractivity contribution in [3.8, 4) is 17.1 Å². The summed E-state index contributed by atoms with van der Waals surface area (Å²) in [5.74, 6) is 2.91. The van der Waals surface area contributed by atoms with E-state index in [9.17, 15) is 0 Å². The fourth-order valence-corrected chi connectivity index (χ4v) is 2.63. The van der Waals surface area contributed by atoms with Gasteiger partial charge in [-0.2, -0.15) is 4.98 Å². The lowest BCUT2D eigenvalue weighted by atomic mass is 10.2. The predicted octanol–water partition coefficient (Wildman–Crippen LogP) is 3.12. The molecule has 0 radical (unpaired) electrons. The summed E-state index contributed by atoms with van der Waals surface area (Å²) in [6.45, 7) is 1.77. The fourth-order valence-electron chi connectivity index (χ4n) is 1.82. The van der Waals surface area contributed by atoms with Gasteiger partial charge in [0, 0.05) is 5.02 Å². The van der Waals surface area contributed by atoms with Crippen molar-refractivity contribution in [2.75, 3.05) is 7.11 Å². The monoisotopic (exact) mass is 337 g/mol. The molecule has 9 heteroatoms. The number of halogens is 1. The zero-order chi connectivity index (χ0) is 15.5. The van der Waals surface area contributed by atoms with Crippen LogP contribution in [0.1, 0.15) is 11.7 Å². The van der Waals surface area contributed by atoms with Gasteiger partial charge in [-0.3, -0.25) is 5.10 Å². The van der Waals surface area contributed by atoms with Crippen molar-refractivity contribution in [3.63, 3.8) is 0 Å². The van der Waals surface area contributed by atoms with Gasteiger partial charge in [-0.05, 0) is 25.1 Å². The molecule has 0 spiro atoms. The summed E-state index contributed by atoms with van der Waals surface area (Å²) in [5, 5.41) is 11.9. The lowest BCUT2D eigenvalue weighted by Crippen LogP contribution is -1.89. The first-order valence-electron chi connectivity index (χ1n) is 6.34. The number of rotatable bonds is 5. The molecule has 3 aromatic rings. The molecule has 0 saturated heterocycles. The number of H-pyrrole nitrogens is 1. The Balaban J connectivity index is 1.77. The van der Waals surface area contributed by atoms with E-state index in [1.165, 1.54) is 11.8 Å². The van der Waals surface area contributed by atoms with Crippen LogP contribution in [0.3, 0.4) is 0 Å². The molecule has 0 aliphatic carbocycles. The highest BCUT2D eigenvalue weighted by Gasteiger charge is 2.13. The lowest BCUT2D eigenvalue weighted by Gasteiger charge is -2.05. The second kappa shape index (κ2) is 6.37. The van der Waals surface area contributed by atoms with Crippen molar-refractivity contribution in [1.82, 2.24) is 25.3 Å². The van der Waals surface area contributed by atoms with Crippen LogP contribution in [-0.2, 0) is 5.75 Å². The zero-order valence-electron chi connectivity index (χ0n) is 11.8. The van der Waals surface area contributed by atoms with Crippen LogP contribution in [0.15, 0.2) is 27.9 Å². The molecule has 3 rings (SSSR count). The molecule has 114 valence electrons. The van der Waals surface area contributed by atoms with Gasteiger partial charge in [0.2, 0.25) is 11.0 Å².